The largest absolute Gasteiger partial charge is 0.445 e. The number of benzene rings is 2. The number of amides is 1. The number of nitrogens with one attached hydrogen (secondary N) is 1. The fourth-order valence-electron chi connectivity index (χ4n) is 4.17. The van der Waals surface area contributed by atoms with Crippen LogP contribution in [-0.4, -0.2) is 36.4 Å². The van der Waals surface area contributed by atoms with E-state index in [-0.39, 0.29) is 16.7 Å². The van der Waals surface area contributed by atoms with Crippen molar-refractivity contribution in [3.8, 4) is 22.6 Å². The van der Waals surface area contributed by atoms with Gasteiger partial charge in [0.2, 0.25) is 17.7 Å². The SMILES string of the molecule is Cc1noc(NS(=O)(=O)c2ccccc2-c2ccc(-c3ncco3)cc2CN(C)C(=O)CC2CC2)c1C. The molecule has 192 valence electrons. The third-order valence-electron chi connectivity index (χ3n) is 6.63. The molecule has 9 nitrogen and oxygen atoms in total. The summed E-state index contributed by atoms with van der Waals surface area (Å²) in [6.45, 7) is 3.79. The summed E-state index contributed by atoms with van der Waals surface area (Å²) in [7, 11) is -2.25. The van der Waals surface area contributed by atoms with Crippen molar-refractivity contribution in [1.82, 2.24) is 15.0 Å². The maximum Gasteiger partial charge on any atom is 0.264 e. The number of nitrogens with zero attached hydrogens (tertiary/aromatic N) is 3. The third kappa shape index (κ3) is 5.29. The molecule has 2 aromatic carbocycles. The first kappa shape index (κ1) is 24.8. The van der Waals surface area contributed by atoms with Gasteiger partial charge < -0.3 is 13.8 Å². The minimum absolute atomic E-state index is 0.0636. The molecule has 0 radical (unpaired) electrons. The molecule has 1 aliphatic rings. The van der Waals surface area contributed by atoms with Gasteiger partial charge in [-0.05, 0) is 61.9 Å². The lowest BCUT2D eigenvalue weighted by molar-refractivity contribution is -0.130. The predicted octanol–water partition coefficient (Wildman–Crippen LogP) is 5.17. The summed E-state index contributed by atoms with van der Waals surface area (Å²) in [5.74, 6) is 1.05. The Balaban J connectivity index is 1.55. The molecule has 1 amide bonds. The van der Waals surface area contributed by atoms with Crippen LogP contribution in [0.4, 0.5) is 5.88 Å². The van der Waals surface area contributed by atoms with Crippen molar-refractivity contribution in [2.45, 2.75) is 44.6 Å². The molecule has 1 aliphatic carbocycles. The molecule has 4 aromatic rings. The van der Waals surface area contributed by atoms with Crippen molar-refractivity contribution in [2.24, 2.45) is 5.92 Å². The summed E-state index contributed by atoms with van der Waals surface area (Å²) in [6.07, 6.45) is 5.76. The number of aromatic nitrogens is 2. The van der Waals surface area contributed by atoms with Gasteiger partial charge in [-0.2, -0.15) is 0 Å². The van der Waals surface area contributed by atoms with Gasteiger partial charge in [0.1, 0.15) is 6.26 Å². The highest BCUT2D eigenvalue weighted by atomic mass is 32.2. The van der Waals surface area contributed by atoms with Gasteiger partial charge >= 0.3 is 0 Å². The number of carbonyl (C=O) groups excluding carboxylic acids is 1. The molecule has 0 unspecified atom stereocenters. The van der Waals surface area contributed by atoms with Crippen molar-refractivity contribution in [2.75, 3.05) is 11.8 Å². The van der Waals surface area contributed by atoms with Crippen LogP contribution in [0.3, 0.4) is 0 Å². The van der Waals surface area contributed by atoms with Crippen LogP contribution in [0.25, 0.3) is 22.6 Å². The highest BCUT2D eigenvalue weighted by Gasteiger charge is 2.27. The minimum Gasteiger partial charge on any atom is -0.445 e. The van der Waals surface area contributed by atoms with Crippen LogP contribution >= 0.6 is 0 Å². The average Bonchev–Trinajstić information content (AvgIpc) is 3.41. The molecule has 0 saturated heterocycles. The van der Waals surface area contributed by atoms with Crippen LogP contribution in [0, 0.1) is 19.8 Å². The van der Waals surface area contributed by atoms with E-state index < -0.39 is 10.0 Å². The highest BCUT2D eigenvalue weighted by Crippen LogP contribution is 2.36. The molecule has 1 saturated carbocycles. The zero-order chi connectivity index (χ0) is 26.2. The number of anilines is 1. The maximum absolute atomic E-state index is 13.5. The minimum atomic E-state index is -4.02. The lowest BCUT2D eigenvalue weighted by atomic mass is 9.96. The first-order valence-corrected chi connectivity index (χ1v) is 13.5. The molecule has 37 heavy (non-hydrogen) atoms. The maximum atomic E-state index is 13.5. The first-order valence-electron chi connectivity index (χ1n) is 12.0. The smallest absolute Gasteiger partial charge is 0.264 e. The molecule has 1 fully saturated rings. The monoisotopic (exact) mass is 520 g/mol. The van der Waals surface area contributed by atoms with Crippen molar-refractivity contribution >= 4 is 21.8 Å². The van der Waals surface area contributed by atoms with E-state index >= 15 is 0 Å². The van der Waals surface area contributed by atoms with Crippen molar-refractivity contribution in [3.05, 3.63) is 71.7 Å². The predicted molar refractivity (Wildman–Crippen MR) is 138 cm³/mol. The van der Waals surface area contributed by atoms with Crippen molar-refractivity contribution < 1.29 is 22.2 Å². The van der Waals surface area contributed by atoms with Crippen LogP contribution < -0.4 is 4.72 Å². The summed E-state index contributed by atoms with van der Waals surface area (Å²) in [4.78, 5) is 18.8. The molecule has 0 atom stereocenters. The van der Waals surface area contributed by atoms with Gasteiger partial charge in [0.05, 0.1) is 16.8 Å². The number of hydrogen-bond donors (Lipinski definition) is 1. The number of aryl methyl sites for hydroxylation is 1. The van der Waals surface area contributed by atoms with Crippen LogP contribution in [0.2, 0.25) is 0 Å². The quantitative estimate of drug-likeness (QED) is 0.323. The van der Waals surface area contributed by atoms with E-state index in [0.717, 1.165) is 24.0 Å². The second kappa shape index (κ2) is 9.85. The van der Waals surface area contributed by atoms with E-state index in [1.165, 1.54) is 6.26 Å². The molecule has 2 heterocycles. The van der Waals surface area contributed by atoms with Gasteiger partial charge in [0.25, 0.3) is 10.0 Å². The zero-order valence-electron chi connectivity index (χ0n) is 20.9. The normalized spacial score (nSPS) is 13.5. The number of sulfonamides is 1. The Morgan fingerprint density at radius 1 is 1.14 bits per heavy atom. The summed E-state index contributed by atoms with van der Waals surface area (Å²) in [5, 5.41) is 3.84. The molecule has 0 spiro atoms. The number of hydrogen-bond acceptors (Lipinski definition) is 7. The fraction of sp³-hybridized carbons (Fsp3) is 0.296. The second-order valence-corrected chi connectivity index (χ2v) is 11.1. The Kier molecular flexibility index (Phi) is 6.59. The standard InChI is InChI=1S/C27H28N4O5S/c1-17-18(2)29-36-26(17)30-37(33,34)24-7-5-4-6-23(24)22-11-10-20(27-28-12-13-35-27)15-21(22)16-31(3)25(32)14-19-8-9-19/h4-7,10-13,15,19,30H,8-9,14,16H2,1-3H3. The topological polar surface area (TPSA) is 119 Å². The molecule has 10 heteroatoms. The van der Waals surface area contributed by atoms with E-state index in [1.807, 2.05) is 18.2 Å². The summed E-state index contributed by atoms with van der Waals surface area (Å²) < 4.78 is 40.2. The van der Waals surface area contributed by atoms with Crippen LogP contribution in [0.15, 0.2) is 68.8 Å². The van der Waals surface area contributed by atoms with E-state index in [1.54, 1.807) is 56.3 Å². The number of oxazole rings is 1. The molecule has 0 bridgehead atoms. The molecule has 1 N–H and O–H groups in total. The molecule has 0 aliphatic heterocycles. The highest BCUT2D eigenvalue weighted by molar-refractivity contribution is 7.92. The Labute approximate surface area is 215 Å². The Morgan fingerprint density at radius 3 is 2.59 bits per heavy atom. The Morgan fingerprint density at radius 2 is 1.92 bits per heavy atom. The van der Waals surface area contributed by atoms with Gasteiger partial charge in [-0.3, -0.25) is 4.79 Å². The van der Waals surface area contributed by atoms with E-state index in [9.17, 15) is 13.2 Å². The van der Waals surface area contributed by atoms with Gasteiger partial charge in [-0.1, -0.05) is 29.4 Å². The van der Waals surface area contributed by atoms with E-state index in [4.69, 9.17) is 8.94 Å². The lowest BCUT2D eigenvalue weighted by Gasteiger charge is -2.21. The molecule has 2 aromatic heterocycles. The van der Waals surface area contributed by atoms with Gasteiger partial charge in [-0.25, -0.2) is 18.1 Å². The van der Waals surface area contributed by atoms with E-state index in [2.05, 4.69) is 14.9 Å². The third-order valence-corrected chi connectivity index (χ3v) is 8.02. The van der Waals surface area contributed by atoms with Gasteiger partial charge in [0, 0.05) is 36.7 Å². The van der Waals surface area contributed by atoms with Crippen LogP contribution in [0.1, 0.15) is 36.1 Å². The summed E-state index contributed by atoms with van der Waals surface area (Å²) in [5.41, 5.74) is 3.92. The lowest BCUT2D eigenvalue weighted by Crippen LogP contribution is -2.26. The zero-order valence-corrected chi connectivity index (χ0v) is 21.7. The Hall–Kier alpha value is -3.92. The molecular weight excluding hydrogens is 492 g/mol. The van der Waals surface area contributed by atoms with Gasteiger partial charge in [-0.15, -0.1) is 0 Å². The number of rotatable bonds is 9. The van der Waals surface area contributed by atoms with Crippen LogP contribution in [-0.2, 0) is 21.4 Å². The number of carbonyl (C=O) groups is 1. The first-order chi connectivity index (χ1) is 17.7. The van der Waals surface area contributed by atoms with Crippen molar-refractivity contribution in [1.29, 1.82) is 0 Å². The van der Waals surface area contributed by atoms with Gasteiger partial charge in [0.15, 0.2) is 0 Å². The van der Waals surface area contributed by atoms with Crippen molar-refractivity contribution in [3.63, 3.8) is 0 Å². The second-order valence-electron chi connectivity index (χ2n) is 9.43. The molecule has 5 rings (SSSR count). The average molecular weight is 521 g/mol. The summed E-state index contributed by atoms with van der Waals surface area (Å²) >= 11 is 0. The summed E-state index contributed by atoms with van der Waals surface area (Å²) in [6, 6.07) is 12.3. The fourth-order valence-corrected chi connectivity index (χ4v) is 5.44. The Bertz CT molecular complexity index is 1540. The molecular formula is C27H28N4O5S. The van der Waals surface area contributed by atoms with Crippen LogP contribution in [0.5, 0.6) is 0 Å². The van der Waals surface area contributed by atoms with E-state index in [0.29, 0.717) is 47.2 Å².